The first kappa shape index (κ1) is 22.1. The summed E-state index contributed by atoms with van der Waals surface area (Å²) in [5.74, 6) is 0.754. The molecule has 180 valence electrons. The number of carbonyl (C=O) groups excluding carboxylic acids is 1. The highest BCUT2D eigenvalue weighted by Crippen LogP contribution is 2.41. The summed E-state index contributed by atoms with van der Waals surface area (Å²) >= 11 is 1.48. The van der Waals surface area contributed by atoms with Gasteiger partial charge in [-0.15, -0.1) is 11.3 Å². The Kier molecular flexibility index (Phi) is 5.30. The van der Waals surface area contributed by atoms with Gasteiger partial charge in [0.1, 0.15) is 22.3 Å². The molecule has 0 aliphatic carbocycles. The zero-order valence-corrected chi connectivity index (χ0v) is 20.3. The molecule has 1 saturated heterocycles. The normalized spacial score (nSPS) is 18.9. The second kappa shape index (κ2) is 8.39. The first-order chi connectivity index (χ1) is 16.9. The minimum Gasteiger partial charge on any atom is -0.381 e. The van der Waals surface area contributed by atoms with Crippen molar-refractivity contribution < 1.29 is 13.9 Å². The lowest BCUT2D eigenvalue weighted by molar-refractivity contribution is -0.105. The summed E-state index contributed by atoms with van der Waals surface area (Å²) in [4.78, 5) is 26.5. The maximum atomic E-state index is 14.2. The van der Waals surface area contributed by atoms with Crippen LogP contribution in [0.15, 0.2) is 30.3 Å². The van der Waals surface area contributed by atoms with E-state index in [-0.39, 0.29) is 17.4 Å². The lowest BCUT2D eigenvalue weighted by atomic mass is 9.83. The summed E-state index contributed by atoms with van der Waals surface area (Å²) in [6.45, 7) is 6.22. The molecule has 1 aromatic carbocycles. The Morgan fingerprint density at radius 1 is 1.20 bits per heavy atom. The standard InChI is InChI=1S/C25H25FN6O2S/c1-13-10-27-22-21-14-3-6-18(29-15(14)4-5-16(21)35-23(22)24(33)28-13)31-20-9-17(26)30-19(32-20)7-8-25(2)11-34-12-25/h3-6,9,13,27H,7-8,10-12H2,1-2H3,(H,28,33)(H,29,30,31,32)/t13-/m1/s1. The van der Waals surface area contributed by atoms with Gasteiger partial charge < -0.3 is 20.7 Å². The SMILES string of the molecule is C[C@@H]1CNc2c(sc3ccc4nc(Nc5cc(F)nc(CCC6(C)COC6)n5)ccc4c23)C(=O)N1. The third-order valence-electron chi connectivity index (χ3n) is 6.54. The van der Waals surface area contributed by atoms with E-state index in [1.54, 1.807) is 0 Å². The molecule has 5 heterocycles. The summed E-state index contributed by atoms with van der Waals surface area (Å²) in [5, 5.41) is 11.5. The van der Waals surface area contributed by atoms with E-state index in [0.29, 0.717) is 48.5 Å². The molecule has 0 unspecified atom stereocenters. The van der Waals surface area contributed by atoms with E-state index < -0.39 is 5.95 Å². The lowest BCUT2D eigenvalue weighted by Crippen LogP contribution is -2.40. The van der Waals surface area contributed by atoms with Gasteiger partial charge in [0, 0.05) is 46.0 Å². The molecule has 3 N–H and O–H groups in total. The molecule has 10 heteroatoms. The number of hydrogen-bond donors (Lipinski definition) is 3. The number of aromatic nitrogens is 3. The Balaban J connectivity index is 1.30. The molecular weight excluding hydrogens is 467 g/mol. The van der Waals surface area contributed by atoms with Crippen molar-refractivity contribution >= 4 is 55.6 Å². The average molecular weight is 493 g/mol. The average Bonchev–Trinajstić information content (AvgIpc) is 3.12. The Hall–Kier alpha value is -3.37. The molecule has 1 fully saturated rings. The number of amides is 1. The maximum absolute atomic E-state index is 14.2. The molecule has 6 rings (SSSR count). The van der Waals surface area contributed by atoms with Crippen molar-refractivity contribution in [1.29, 1.82) is 0 Å². The predicted molar refractivity (Wildman–Crippen MR) is 135 cm³/mol. The van der Waals surface area contributed by atoms with Gasteiger partial charge >= 0.3 is 0 Å². The Morgan fingerprint density at radius 3 is 2.86 bits per heavy atom. The Bertz CT molecular complexity index is 1470. The number of anilines is 3. The number of fused-ring (bicyclic) bond motifs is 5. The number of nitrogens with zero attached hydrogens (tertiary/aromatic N) is 3. The van der Waals surface area contributed by atoms with Crippen molar-refractivity contribution in [2.45, 2.75) is 32.7 Å². The van der Waals surface area contributed by atoms with Gasteiger partial charge in [-0.1, -0.05) is 6.92 Å². The smallest absolute Gasteiger partial charge is 0.263 e. The van der Waals surface area contributed by atoms with E-state index >= 15 is 0 Å². The van der Waals surface area contributed by atoms with E-state index in [9.17, 15) is 9.18 Å². The zero-order valence-electron chi connectivity index (χ0n) is 19.4. The monoisotopic (exact) mass is 492 g/mol. The molecular formula is C25H25FN6O2S. The van der Waals surface area contributed by atoms with Crippen LogP contribution in [-0.2, 0) is 11.2 Å². The topological polar surface area (TPSA) is 101 Å². The van der Waals surface area contributed by atoms with E-state index in [0.717, 1.165) is 33.1 Å². The van der Waals surface area contributed by atoms with Crippen LogP contribution in [0.3, 0.4) is 0 Å². The minimum absolute atomic E-state index is 0.0455. The molecule has 1 amide bonds. The van der Waals surface area contributed by atoms with Crippen LogP contribution in [0.2, 0.25) is 0 Å². The van der Waals surface area contributed by atoms with Gasteiger partial charge in [-0.2, -0.15) is 4.39 Å². The van der Waals surface area contributed by atoms with Crippen molar-refractivity contribution in [3.8, 4) is 0 Å². The fourth-order valence-electron chi connectivity index (χ4n) is 4.58. The van der Waals surface area contributed by atoms with Crippen molar-refractivity contribution in [3.05, 3.63) is 47.0 Å². The number of aryl methyl sites for hydroxylation is 1. The molecule has 2 aliphatic rings. The highest BCUT2D eigenvalue weighted by atomic mass is 32.1. The number of ether oxygens (including phenoxy) is 1. The summed E-state index contributed by atoms with van der Waals surface area (Å²) < 4.78 is 20.5. The first-order valence-electron chi connectivity index (χ1n) is 11.7. The summed E-state index contributed by atoms with van der Waals surface area (Å²) in [6, 6.07) is 9.06. The van der Waals surface area contributed by atoms with Crippen LogP contribution in [-0.4, -0.2) is 46.7 Å². The van der Waals surface area contributed by atoms with E-state index in [4.69, 9.17) is 9.72 Å². The van der Waals surface area contributed by atoms with Gasteiger partial charge in [-0.25, -0.2) is 15.0 Å². The number of benzene rings is 1. The number of rotatable bonds is 5. The molecule has 3 aromatic heterocycles. The quantitative estimate of drug-likeness (QED) is 0.349. The van der Waals surface area contributed by atoms with Crippen LogP contribution in [0.1, 0.15) is 35.8 Å². The van der Waals surface area contributed by atoms with Crippen LogP contribution >= 0.6 is 11.3 Å². The number of hydrogen-bond acceptors (Lipinski definition) is 8. The van der Waals surface area contributed by atoms with Gasteiger partial charge in [0.15, 0.2) is 0 Å². The maximum Gasteiger partial charge on any atom is 0.263 e. The van der Waals surface area contributed by atoms with E-state index in [2.05, 4.69) is 32.8 Å². The fraction of sp³-hybridized carbons (Fsp3) is 0.360. The number of carbonyl (C=O) groups is 1. The molecule has 4 aromatic rings. The van der Waals surface area contributed by atoms with Gasteiger partial charge in [-0.05, 0) is 37.6 Å². The fourth-order valence-corrected chi connectivity index (χ4v) is 5.67. The largest absolute Gasteiger partial charge is 0.381 e. The molecule has 0 spiro atoms. The number of pyridine rings is 1. The van der Waals surface area contributed by atoms with Crippen LogP contribution in [0.5, 0.6) is 0 Å². The van der Waals surface area contributed by atoms with E-state index in [1.165, 1.54) is 17.4 Å². The zero-order chi connectivity index (χ0) is 24.2. The Morgan fingerprint density at radius 2 is 2.06 bits per heavy atom. The number of nitrogens with one attached hydrogen (secondary N) is 3. The second-order valence-corrected chi connectivity index (χ2v) is 10.7. The summed E-state index contributed by atoms with van der Waals surface area (Å²) in [5.41, 5.74) is 1.74. The predicted octanol–water partition coefficient (Wildman–Crippen LogP) is 4.64. The van der Waals surface area contributed by atoms with Crippen molar-refractivity contribution in [2.24, 2.45) is 5.41 Å². The van der Waals surface area contributed by atoms with Gasteiger partial charge in [0.05, 0.1) is 24.4 Å². The number of thiophene rings is 1. The molecule has 1 atom stereocenters. The second-order valence-electron chi connectivity index (χ2n) is 9.68. The van der Waals surface area contributed by atoms with Crippen LogP contribution in [0.25, 0.3) is 21.0 Å². The molecule has 8 nitrogen and oxygen atoms in total. The first-order valence-corrected chi connectivity index (χ1v) is 12.5. The highest BCUT2D eigenvalue weighted by molar-refractivity contribution is 7.21. The van der Waals surface area contributed by atoms with Gasteiger partial charge in [0.25, 0.3) is 5.91 Å². The van der Waals surface area contributed by atoms with Crippen LogP contribution < -0.4 is 16.0 Å². The molecule has 35 heavy (non-hydrogen) atoms. The molecule has 0 saturated carbocycles. The lowest BCUT2D eigenvalue weighted by Gasteiger charge is -2.37. The summed E-state index contributed by atoms with van der Waals surface area (Å²) in [7, 11) is 0. The van der Waals surface area contributed by atoms with Crippen LogP contribution in [0.4, 0.5) is 21.7 Å². The van der Waals surface area contributed by atoms with Crippen molar-refractivity contribution in [2.75, 3.05) is 30.4 Å². The minimum atomic E-state index is -0.574. The van der Waals surface area contributed by atoms with Crippen LogP contribution in [0, 0.1) is 11.4 Å². The van der Waals surface area contributed by atoms with Crippen molar-refractivity contribution in [3.63, 3.8) is 0 Å². The Labute approximate surface area is 205 Å². The van der Waals surface area contributed by atoms with E-state index in [1.807, 2.05) is 31.2 Å². The van der Waals surface area contributed by atoms with Crippen molar-refractivity contribution in [1.82, 2.24) is 20.3 Å². The number of halogens is 1. The third kappa shape index (κ3) is 4.17. The molecule has 0 radical (unpaired) electrons. The summed E-state index contributed by atoms with van der Waals surface area (Å²) in [6.07, 6.45) is 1.42. The molecule has 2 aliphatic heterocycles. The highest BCUT2D eigenvalue weighted by Gasteiger charge is 2.33. The van der Waals surface area contributed by atoms with Gasteiger partial charge in [-0.3, -0.25) is 4.79 Å². The third-order valence-corrected chi connectivity index (χ3v) is 7.70. The van der Waals surface area contributed by atoms with Gasteiger partial charge in [0.2, 0.25) is 5.95 Å². The molecule has 0 bridgehead atoms.